The van der Waals surface area contributed by atoms with Gasteiger partial charge < -0.3 is 0 Å². The third-order valence-electron chi connectivity index (χ3n) is 4.44. The molecule has 156 valence electrons. The molecule has 0 heterocycles. The molecule has 6 nitrogen and oxygen atoms in total. The van der Waals surface area contributed by atoms with E-state index >= 15 is 0 Å². The zero-order valence-corrected chi connectivity index (χ0v) is 18.0. The molecule has 0 aliphatic heterocycles. The van der Waals surface area contributed by atoms with Crippen molar-refractivity contribution in [1.82, 2.24) is 5.43 Å². The summed E-state index contributed by atoms with van der Waals surface area (Å²) < 4.78 is 40.6. The van der Waals surface area contributed by atoms with Crippen molar-refractivity contribution in [2.24, 2.45) is 10.5 Å². The van der Waals surface area contributed by atoms with Crippen LogP contribution in [0.1, 0.15) is 33.3 Å². The summed E-state index contributed by atoms with van der Waals surface area (Å²) in [5.41, 5.74) is 3.94. The van der Waals surface area contributed by atoms with Crippen LogP contribution in [0.5, 0.6) is 0 Å². The van der Waals surface area contributed by atoms with Gasteiger partial charge in [-0.3, -0.25) is 9.10 Å². The van der Waals surface area contributed by atoms with Gasteiger partial charge in [0.05, 0.1) is 10.6 Å². The number of sulfonamides is 1. The predicted octanol–water partition coefficient (Wildman–Crippen LogP) is 3.87. The lowest BCUT2D eigenvalue weighted by molar-refractivity contribution is -0.119. The number of benzene rings is 2. The fourth-order valence-corrected chi connectivity index (χ4v) is 3.66. The van der Waals surface area contributed by atoms with Gasteiger partial charge in [-0.25, -0.2) is 18.2 Å². The van der Waals surface area contributed by atoms with Crippen molar-refractivity contribution in [1.29, 1.82) is 0 Å². The lowest BCUT2D eigenvalue weighted by Crippen LogP contribution is -2.40. The van der Waals surface area contributed by atoms with E-state index in [0.29, 0.717) is 5.71 Å². The second-order valence-corrected chi connectivity index (χ2v) is 9.65. The summed E-state index contributed by atoms with van der Waals surface area (Å²) in [6.45, 7) is 8.97. The number of rotatable bonds is 6. The molecule has 1 amide bonds. The topological polar surface area (TPSA) is 78.8 Å². The van der Waals surface area contributed by atoms with Crippen molar-refractivity contribution >= 4 is 27.3 Å². The Balaban J connectivity index is 2.37. The Morgan fingerprint density at radius 1 is 1.07 bits per heavy atom. The summed E-state index contributed by atoms with van der Waals surface area (Å²) in [5, 5.41) is 4.06. The minimum atomic E-state index is -4.04. The van der Waals surface area contributed by atoms with E-state index in [1.807, 2.05) is 27.7 Å². The Hall–Kier alpha value is -2.74. The van der Waals surface area contributed by atoms with Crippen molar-refractivity contribution in [3.8, 4) is 0 Å². The molecule has 2 aromatic rings. The minimum Gasteiger partial charge on any atom is -0.271 e. The third kappa shape index (κ3) is 5.87. The molecule has 0 aromatic heterocycles. The van der Waals surface area contributed by atoms with Crippen molar-refractivity contribution in [2.75, 3.05) is 10.8 Å². The van der Waals surface area contributed by atoms with E-state index in [0.717, 1.165) is 22.0 Å². The maximum atomic E-state index is 13.3. The van der Waals surface area contributed by atoms with E-state index in [2.05, 4.69) is 10.5 Å². The number of nitrogens with zero attached hydrogens (tertiary/aromatic N) is 2. The van der Waals surface area contributed by atoms with Gasteiger partial charge in [0.25, 0.3) is 15.9 Å². The van der Waals surface area contributed by atoms with Crippen LogP contribution in [0.3, 0.4) is 0 Å². The molecule has 0 saturated heterocycles. The molecule has 0 bridgehead atoms. The molecule has 2 aromatic carbocycles. The number of carbonyl (C=O) groups excluding carboxylic acids is 1. The van der Waals surface area contributed by atoms with Crippen LogP contribution in [0.2, 0.25) is 0 Å². The van der Waals surface area contributed by atoms with Gasteiger partial charge in [0.2, 0.25) is 0 Å². The minimum absolute atomic E-state index is 0.0367. The molecule has 0 unspecified atom stereocenters. The van der Waals surface area contributed by atoms with Crippen molar-refractivity contribution in [3.05, 3.63) is 59.9 Å². The van der Waals surface area contributed by atoms with Gasteiger partial charge in [0.1, 0.15) is 12.4 Å². The molecule has 29 heavy (non-hydrogen) atoms. The molecule has 2 rings (SSSR count). The standard InChI is InChI=1S/C21H26FN3O3S/c1-15-6-12-19(13-7-15)29(27,28)25(18-10-8-17(22)9-11-18)14-20(26)24-23-16(2)21(3,4)5/h6-13H,14H2,1-5H3,(H,24,26)/b23-16-. The fourth-order valence-electron chi connectivity index (χ4n) is 2.24. The average molecular weight is 420 g/mol. The van der Waals surface area contributed by atoms with Crippen molar-refractivity contribution in [2.45, 2.75) is 39.5 Å². The van der Waals surface area contributed by atoms with Crippen LogP contribution in [0.4, 0.5) is 10.1 Å². The van der Waals surface area contributed by atoms with Gasteiger partial charge in [0, 0.05) is 11.1 Å². The van der Waals surface area contributed by atoms with Crippen molar-refractivity contribution < 1.29 is 17.6 Å². The highest BCUT2D eigenvalue weighted by atomic mass is 32.2. The highest BCUT2D eigenvalue weighted by molar-refractivity contribution is 7.92. The average Bonchev–Trinajstić information content (AvgIpc) is 2.64. The quantitative estimate of drug-likeness (QED) is 0.570. The zero-order chi connectivity index (χ0) is 21.8. The number of nitrogens with one attached hydrogen (secondary N) is 1. The van der Waals surface area contributed by atoms with E-state index in [9.17, 15) is 17.6 Å². The van der Waals surface area contributed by atoms with E-state index in [4.69, 9.17) is 0 Å². The second kappa shape index (κ2) is 8.73. The number of hydrogen-bond donors (Lipinski definition) is 1. The molecule has 0 radical (unpaired) electrons. The number of halogens is 1. The first-order valence-corrected chi connectivity index (χ1v) is 10.5. The smallest absolute Gasteiger partial charge is 0.264 e. The largest absolute Gasteiger partial charge is 0.271 e. The molecule has 0 saturated carbocycles. The lowest BCUT2D eigenvalue weighted by Gasteiger charge is -2.24. The highest BCUT2D eigenvalue weighted by Gasteiger charge is 2.27. The maximum absolute atomic E-state index is 13.3. The Kier molecular flexibility index (Phi) is 6.79. The summed E-state index contributed by atoms with van der Waals surface area (Å²) in [5.74, 6) is -1.11. The molecule has 0 fully saturated rings. The van der Waals surface area contributed by atoms with Crippen LogP contribution in [-0.2, 0) is 14.8 Å². The van der Waals surface area contributed by atoms with Crippen LogP contribution in [0.15, 0.2) is 58.5 Å². The molecule has 0 aliphatic rings. The van der Waals surface area contributed by atoms with Crippen LogP contribution < -0.4 is 9.73 Å². The summed E-state index contributed by atoms with van der Waals surface area (Å²) in [6, 6.07) is 11.2. The zero-order valence-electron chi connectivity index (χ0n) is 17.2. The van der Waals surface area contributed by atoms with Gasteiger partial charge in [-0.2, -0.15) is 5.10 Å². The first kappa shape index (κ1) is 22.5. The van der Waals surface area contributed by atoms with Gasteiger partial charge >= 0.3 is 0 Å². The first-order chi connectivity index (χ1) is 13.4. The number of aryl methyl sites for hydroxylation is 1. The molecule has 0 spiro atoms. The van der Waals surface area contributed by atoms with E-state index in [1.54, 1.807) is 19.1 Å². The second-order valence-electron chi connectivity index (χ2n) is 7.78. The van der Waals surface area contributed by atoms with Crippen molar-refractivity contribution in [3.63, 3.8) is 0 Å². The Labute approximate surface area is 171 Å². The summed E-state index contributed by atoms with van der Waals surface area (Å²) >= 11 is 0. The fraction of sp³-hybridized carbons (Fsp3) is 0.333. The summed E-state index contributed by atoms with van der Waals surface area (Å²) in [4.78, 5) is 12.5. The molecule has 0 aliphatic carbocycles. The SMILES string of the molecule is C/C(=N/NC(=O)CN(c1ccc(F)cc1)S(=O)(=O)c1ccc(C)cc1)C(C)(C)C. The number of amides is 1. The highest BCUT2D eigenvalue weighted by Crippen LogP contribution is 2.24. The maximum Gasteiger partial charge on any atom is 0.264 e. The number of hydrogen-bond acceptors (Lipinski definition) is 4. The first-order valence-electron chi connectivity index (χ1n) is 9.10. The molecular formula is C21H26FN3O3S. The number of hydrazone groups is 1. The third-order valence-corrected chi connectivity index (χ3v) is 6.23. The number of anilines is 1. The molecule has 8 heteroatoms. The molecule has 0 atom stereocenters. The van der Waals surface area contributed by atoms with E-state index in [-0.39, 0.29) is 16.0 Å². The Bertz CT molecular complexity index is 993. The monoisotopic (exact) mass is 419 g/mol. The summed E-state index contributed by atoms with van der Waals surface area (Å²) in [6.07, 6.45) is 0. The van der Waals surface area contributed by atoms with Crippen LogP contribution in [-0.4, -0.2) is 26.6 Å². The molecule has 1 N–H and O–H groups in total. The van der Waals surface area contributed by atoms with Crippen LogP contribution in [0.25, 0.3) is 0 Å². The number of carbonyl (C=O) groups is 1. The van der Waals surface area contributed by atoms with Gasteiger partial charge in [-0.15, -0.1) is 0 Å². The van der Waals surface area contributed by atoms with Gasteiger partial charge in [-0.1, -0.05) is 38.5 Å². The van der Waals surface area contributed by atoms with E-state index < -0.39 is 28.3 Å². The predicted molar refractivity (Wildman–Crippen MR) is 113 cm³/mol. The van der Waals surface area contributed by atoms with E-state index in [1.165, 1.54) is 24.3 Å². The van der Waals surface area contributed by atoms with Crippen LogP contribution in [0, 0.1) is 18.2 Å². The lowest BCUT2D eigenvalue weighted by atomic mass is 9.91. The molecular weight excluding hydrogens is 393 g/mol. The Morgan fingerprint density at radius 2 is 1.62 bits per heavy atom. The summed E-state index contributed by atoms with van der Waals surface area (Å²) in [7, 11) is -4.04. The van der Waals surface area contributed by atoms with Crippen LogP contribution >= 0.6 is 0 Å². The normalized spacial score (nSPS) is 12.6. The van der Waals surface area contributed by atoms with Gasteiger partial charge in [-0.05, 0) is 50.2 Å². The van der Waals surface area contributed by atoms with Gasteiger partial charge in [0.15, 0.2) is 0 Å². The Morgan fingerprint density at radius 3 is 2.14 bits per heavy atom.